The van der Waals surface area contributed by atoms with Crippen molar-refractivity contribution in [1.29, 1.82) is 0 Å². The topological polar surface area (TPSA) is 80.0 Å². The summed E-state index contributed by atoms with van der Waals surface area (Å²) in [6, 6.07) is 0. The second-order valence-corrected chi connectivity index (χ2v) is 5.51. The molecule has 0 amide bonds. The first-order valence-corrected chi connectivity index (χ1v) is 7.27. The van der Waals surface area contributed by atoms with Crippen molar-refractivity contribution in [3.8, 4) is 0 Å². The van der Waals surface area contributed by atoms with E-state index in [1.54, 1.807) is 16.0 Å². The normalized spacial score (nSPS) is 11.1. The lowest BCUT2D eigenvalue weighted by Crippen LogP contribution is -2.36. The summed E-state index contributed by atoms with van der Waals surface area (Å²) in [4.78, 5) is 14.1. The van der Waals surface area contributed by atoms with Crippen LogP contribution in [0.1, 0.15) is 22.6 Å². The van der Waals surface area contributed by atoms with Crippen LogP contribution in [0.15, 0.2) is 17.5 Å². The van der Waals surface area contributed by atoms with Crippen molar-refractivity contribution in [3.05, 3.63) is 28.2 Å². The van der Waals surface area contributed by atoms with E-state index in [0.717, 1.165) is 29.9 Å². The van der Waals surface area contributed by atoms with Crippen LogP contribution in [0, 0.1) is 6.92 Å². The molecule has 116 valence electrons. The van der Waals surface area contributed by atoms with Crippen molar-refractivity contribution in [2.24, 2.45) is 12.0 Å². The average molecular weight is 421 g/mol. The summed E-state index contributed by atoms with van der Waals surface area (Å²) < 4.78 is 1.72. The highest BCUT2D eigenvalue weighted by Crippen LogP contribution is 2.10. The summed E-state index contributed by atoms with van der Waals surface area (Å²) in [5, 5.41) is 11.6. The van der Waals surface area contributed by atoms with Gasteiger partial charge in [0.2, 0.25) is 0 Å². The highest BCUT2D eigenvalue weighted by Gasteiger charge is 2.03. The Morgan fingerprint density at radius 1 is 1.38 bits per heavy atom. The summed E-state index contributed by atoms with van der Waals surface area (Å²) in [7, 11) is 1.86. The molecule has 2 rings (SSSR count). The third kappa shape index (κ3) is 5.58. The fourth-order valence-electron chi connectivity index (χ4n) is 1.61. The number of nitrogens with zero attached hydrogens (tertiary/aromatic N) is 5. The number of aliphatic imine (C=N–C) groups is 1. The number of rotatable bonds is 5. The molecule has 0 aliphatic heterocycles. The van der Waals surface area contributed by atoms with Crippen LogP contribution < -0.4 is 10.6 Å². The largest absolute Gasteiger partial charge is 0.357 e. The Balaban J connectivity index is 0.00000220. The van der Waals surface area contributed by atoms with Crippen LogP contribution >= 0.6 is 35.3 Å². The molecule has 0 spiro atoms. The predicted octanol–water partition coefficient (Wildman–Crippen LogP) is 1.45. The average Bonchev–Trinajstić information content (AvgIpc) is 3.02. The zero-order chi connectivity index (χ0) is 14.4. The van der Waals surface area contributed by atoms with Gasteiger partial charge in [0, 0.05) is 24.7 Å². The van der Waals surface area contributed by atoms with Gasteiger partial charge in [-0.15, -0.1) is 35.3 Å². The monoisotopic (exact) mass is 421 g/mol. The maximum absolute atomic E-state index is 4.49. The number of halogens is 1. The molecule has 2 aromatic rings. The molecule has 0 unspecified atom stereocenters. The van der Waals surface area contributed by atoms with Gasteiger partial charge in [-0.2, -0.15) is 5.10 Å². The number of aromatic nitrogens is 4. The van der Waals surface area contributed by atoms with Gasteiger partial charge < -0.3 is 10.6 Å². The van der Waals surface area contributed by atoms with E-state index in [4.69, 9.17) is 0 Å². The zero-order valence-corrected chi connectivity index (χ0v) is 15.5. The molecule has 0 fully saturated rings. The van der Waals surface area contributed by atoms with Crippen LogP contribution in [-0.4, -0.2) is 32.3 Å². The maximum Gasteiger partial charge on any atom is 0.191 e. The van der Waals surface area contributed by atoms with E-state index in [1.807, 2.05) is 27.1 Å². The number of hydrogen-bond donors (Lipinski definition) is 2. The molecule has 0 aliphatic carbocycles. The first-order valence-electron chi connectivity index (χ1n) is 6.45. The molecule has 0 bridgehead atoms. The second kappa shape index (κ2) is 8.93. The minimum absolute atomic E-state index is 0. The van der Waals surface area contributed by atoms with Gasteiger partial charge in [0.1, 0.15) is 18.7 Å². The van der Waals surface area contributed by atoms with Crippen LogP contribution in [0.5, 0.6) is 0 Å². The fraction of sp³-hybridized carbons (Fsp3) is 0.500. The molecule has 2 aromatic heterocycles. The molecule has 0 saturated heterocycles. The van der Waals surface area contributed by atoms with Crippen molar-refractivity contribution < 1.29 is 0 Å². The number of hydrogen-bond acceptors (Lipinski definition) is 5. The van der Waals surface area contributed by atoms with Gasteiger partial charge >= 0.3 is 0 Å². The molecule has 2 N–H and O–H groups in total. The standard InChI is InChI=1S/C12H19N7S.HI/c1-4-13-12(15-6-10-5-14-9(2)20-10)16-7-11-17-8-18-19(11)3;/h5,8H,4,6-7H2,1-3H3,(H2,13,15,16);1H. The van der Waals surface area contributed by atoms with Gasteiger partial charge in [-0.05, 0) is 13.8 Å². The SMILES string of the molecule is CCNC(=NCc1ncnn1C)NCc1cnc(C)s1.I. The molecule has 21 heavy (non-hydrogen) atoms. The first-order chi connectivity index (χ1) is 9.69. The van der Waals surface area contributed by atoms with Gasteiger partial charge in [0.05, 0.1) is 11.6 Å². The minimum atomic E-state index is 0. The van der Waals surface area contributed by atoms with Gasteiger partial charge in [-0.3, -0.25) is 4.68 Å². The van der Waals surface area contributed by atoms with Crippen molar-refractivity contribution in [2.75, 3.05) is 6.54 Å². The summed E-state index contributed by atoms with van der Waals surface area (Å²) >= 11 is 1.68. The highest BCUT2D eigenvalue weighted by atomic mass is 127. The summed E-state index contributed by atoms with van der Waals surface area (Å²) in [5.41, 5.74) is 0. The fourth-order valence-corrected chi connectivity index (χ4v) is 2.35. The Morgan fingerprint density at radius 2 is 2.19 bits per heavy atom. The predicted molar refractivity (Wildman–Crippen MR) is 94.9 cm³/mol. The highest BCUT2D eigenvalue weighted by molar-refractivity contribution is 14.0. The quantitative estimate of drug-likeness (QED) is 0.434. The Hall–Kier alpha value is -1.23. The Kier molecular flexibility index (Phi) is 7.57. The molecule has 2 heterocycles. The molecule has 0 aromatic carbocycles. The lowest BCUT2D eigenvalue weighted by molar-refractivity contribution is 0.697. The summed E-state index contributed by atoms with van der Waals surface area (Å²) in [6.45, 7) is 6.06. The molecule has 0 saturated carbocycles. The Morgan fingerprint density at radius 3 is 2.76 bits per heavy atom. The third-order valence-electron chi connectivity index (χ3n) is 2.63. The van der Waals surface area contributed by atoms with E-state index in [0.29, 0.717) is 6.54 Å². The van der Waals surface area contributed by atoms with E-state index in [-0.39, 0.29) is 24.0 Å². The van der Waals surface area contributed by atoms with Crippen LogP contribution in [0.4, 0.5) is 0 Å². The molecule has 7 nitrogen and oxygen atoms in total. The minimum Gasteiger partial charge on any atom is -0.357 e. The van der Waals surface area contributed by atoms with Crippen molar-refractivity contribution in [1.82, 2.24) is 30.4 Å². The lowest BCUT2D eigenvalue weighted by atomic mass is 10.5. The Bertz CT molecular complexity index is 578. The zero-order valence-electron chi connectivity index (χ0n) is 12.3. The van der Waals surface area contributed by atoms with Crippen LogP contribution in [-0.2, 0) is 20.1 Å². The smallest absolute Gasteiger partial charge is 0.191 e. The van der Waals surface area contributed by atoms with Gasteiger partial charge in [-0.25, -0.2) is 15.0 Å². The summed E-state index contributed by atoms with van der Waals surface area (Å²) in [5.74, 6) is 1.59. The summed E-state index contributed by atoms with van der Waals surface area (Å²) in [6.07, 6.45) is 3.42. The van der Waals surface area contributed by atoms with Gasteiger partial charge in [-0.1, -0.05) is 0 Å². The second-order valence-electron chi connectivity index (χ2n) is 4.19. The van der Waals surface area contributed by atoms with E-state index < -0.39 is 0 Å². The molecular weight excluding hydrogens is 401 g/mol. The van der Waals surface area contributed by atoms with Gasteiger partial charge in [0.15, 0.2) is 5.96 Å². The first kappa shape index (κ1) is 17.8. The Labute approximate surface area is 145 Å². The molecule has 9 heteroatoms. The van der Waals surface area contributed by atoms with Crippen LogP contribution in [0.25, 0.3) is 0 Å². The van der Waals surface area contributed by atoms with E-state index in [9.17, 15) is 0 Å². The van der Waals surface area contributed by atoms with E-state index in [1.165, 1.54) is 11.2 Å². The number of thiazole rings is 1. The lowest BCUT2D eigenvalue weighted by Gasteiger charge is -2.09. The number of aryl methyl sites for hydroxylation is 2. The van der Waals surface area contributed by atoms with Crippen LogP contribution in [0.2, 0.25) is 0 Å². The van der Waals surface area contributed by atoms with Crippen molar-refractivity contribution >= 4 is 41.3 Å². The molecule has 0 radical (unpaired) electrons. The van der Waals surface area contributed by atoms with Crippen LogP contribution in [0.3, 0.4) is 0 Å². The molecule has 0 atom stereocenters. The third-order valence-corrected chi connectivity index (χ3v) is 3.54. The van der Waals surface area contributed by atoms with E-state index in [2.05, 4.69) is 30.7 Å². The number of nitrogens with one attached hydrogen (secondary N) is 2. The molecule has 0 aliphatic rings. The number of guanidine groups is 1. The molecular formula is C12H20IN7S. The van der Waals surface area contributed by atoms with Crippen molar-refractivity contribution in [3.63, 3.8) is 0 Å². The maximum atomic E-state index is 4.49. The van der Waals surface area contributed by atoms with Gasteiger partial charge in [0.25, 0.3) is 0 Å². The van der Waals surface area contributed by atoms with E-state index >= 15 is 0 Å². The van der Waals surface area contributed by atoms with Crippen molar-refractivity contribution in [2.45, 2.75) is 26.9 Å².